The quantitative estimate of drug-likeness (QED) is 0.624. The first kappa shape index (κ1) is 16.6. The van der Waals surface area contributed by atoms with Gasteiger partial charge in [-0.2, -0.15) is 4.98 Å². The molecule has 2 heterocycles. The average Bonchev–Trinajstić information content (AvgIpc) is 3.17. The van der Waals surface area contributed by atoms with Crippen LogP contribution in [0.1, 0.15) is 52.0 Å². The van der Waals surface area contributed by atoms with Gasteiger partial charge in [-0.1, -0.05) is 25.9 Å². The largest absolute Gasteiger partial charge is 0.427 e. The SMILES string of the molecule is CC(C)(C)CC(=O)Oc1ccc(-c2noc([C@H]3CCCO3)n2)cc1. The zero-order chi connectivity index (χ0) is 17.2. The van der Waals surface area contributed by atoms with Gasteiger partial charge in [0.1, 0.15) is 11.9 Å². The van der Waals surface area contributed by atoms with E-state index in [0.29, 0.717) is 23.9 Å². The molecule has 6 nitrogen and oxygen atoms in total. The van der Waals surface area contributed by atoms with E-state index in [4.69, 9.17) is 14.0 Å². The maximum absolute atomic E-state index is 11.9. The van der Waals surface area contributed by atoms with Crippen LogP contribution in [0.2, 0.25) is 0 Å². The number of ether oxygens (including phenoxy) is 2. The van der Waals surface area contributed by atoms with Crippen LogP contribution >= 0.6 is 0 Å². The van der Waals surface area contributed by atoms with Crippen LogP contribution in [0.25, 0.3) is 11.4 Å². The van der Waals surface area contributed by atoms with Crippen LogP contribution in [0.15, 0.2) is 28.8 Å². The molecule has 1 fully saturated rings. The fraction of sp³-hybridized carbons (Fsp3) is 0.500. The van der Waals surface area contributed by atoms with Crippen LogP contribution in [-0.2, 0) is 9.53 Å². The van der Waals surface area contributed by atoms with Gasteiger partial charge in [0.05, 0.1) is 6.42 Å². The van der Waals surface area contributed by atoms with E-state index in [1.165, 1.54) is 0 Å². The van der Waals surface area contributed by atoms with E-state index in [2.05, 4.69) is 10.1 Å². The number of rotatable bonds is 4. The summed E-state index contributed by atoms with van der Waals surface area (Å²) in [7, 11) is 0. The van der Waals surface area contributed by atoms with E-state index in [0.717, 1.165) is 25.0 Å². The summed E-state index contributed by atoms with van der Waals surface area (Å²) in [5.74, 6) is 1.29. The lowest BCUT2D eigenvalue weighted by atomic mass is 9.92. The van der Waals surface area contributed by atoms with E-state index in [1.807, 2.05) is 32.9 Å². The average molecular weight is 330 g/mol. The Balaban J connectivity index is 1.65. The maximum Gasteiger partial charge on any atom is 0.311 e. The molecule has 0 bridgehead atoms. The lowest BCUT2D eigenvalue weighted by molar-refractivity contribution is -0.136. The van der Waals surface area contributed by atoms with Crippen LogP contribution in [0.3, 0.4) is 0 Å². The Morgan fingerprint density at radius 2 is 2.04 bits per heavy atom. The van der Waals surface area contributed by atoms with Crippen LogP contribution in [-0.4, -0.2) is 22.7 Å². The number of carbonyl (C=O) groups is 1. The van der Waals surface area contributed by atoms with Gasteiger partial charge in [0.2, 0.25) is 5.82 Å². The van der Waals surface area contributed by atoms with Crippen molar-refractivity contribution in [3.05, 3.63) is 30.2 Å². The van der Waals surface area contributed by atoms with Crippen molar-refractivity contribution >= 4 is 5.97 Å². The van der Waals surface area contributed by atoms with Gasteiger partial charge in [-0.3, -0.25) is 4.79 Å². The molecule has 0 amide bonds. The molecule has 128 valence electrons. The Hall–Kier alpha value is -2.21. The maximum atomic E-state index is 11.9. The summed E-state index contributed by atoms with van der Waals surface area (Å²) in [6, 6.07) is 7.09. The van der Waals surface area contributed by atoms with Gasteiger partial charge in [0.25, 0.3) is 5.89 Å². The Bertz CT molecular complexity index is 695. The molecule has 0 saturated carbocycles. The highest BCUT2D eigenvalue weighted by atomic mass is 16.5. The molecule has 0 radical (unpaired) electrons. The van der Waals surface area contributed by atoms with Gasteiger partial charge in [-0.15, -0.1) is 0 Å². The number of hydrogen-bond donors (Lipinski definition) is 0. The highest BCUT2D eigenvalue weighted by molar-refractivity contribution is 5.73. The molecule has 1 aromatic heterocycles. The molecule has 1 saturated heterocycles. The topological polar surface area (TPSA) is 74.5 Å². The monoisotopic (exact) mass is 330 g/mol. The fourth-order valence-electron chi connectivity index (χ4n) is 2.53. The van der Waals surface area contributed by atoms with Gasteiger partial charge in [0, 0.05) is 12.2 Å². The Labute approximate surface area is 141 Å². The minimum Gasteiger partial charge on any atom is -0.427 e. The molecule has 1 aliphatic heterocycles. The molecule has 1 atom stereocenters. The molecule has 1 aliphatic rings. The second kappa shape index (κ2) is 6.73. The first-order chi connectivity index (χ1) is 11.4. The molecule has 2 aromatic rings. The van der Waals surface area contributed by atoms with Gasteiger partial charge < -0.3 is 14.0 Å². The van der Waals surface area contributed by atoms with Crippen LogP contribution in [0, 0.1) is 5.41 Å². The number of hydrogen-bond acceptors (Lipinski definition) is 6. The predicted molar refractivity (Wildman–Crippen MR) is 87.4 cm³/mol. The smallest absolute Gasteiger partial charge is 0.311 e. The zero-order valence-electron chi connectivity index (χ0n) is 14.2. The Morgan fingerprint density at radius 3 is 2.67 bits per heavy atom. The molecule has 0 spiro atoms. The molecule has 1 aromatic carbocycles. The third-order valence-electron chi connectivity index (χ3n) is 3.67. The van der Waals surface area contributed by atoms with Crippen LogP contribution in [0.4, 0.5) is 0 Å². The highest BCUT2D eigenvalue weighted by Crippen LogP contribution is 2.29. The molecule has 0 aliphatic carbocycles. The third-order valence-corrected chi connectivity index (χ3v) is 3.67. The van der Waals surface area contributed by atoms with Crippen molar-refractivity contribution in [2.45, 2.75) is 46.1 Å². The highest BCUT2D eigenvalue weighted by Gasteiger charge is 2.24. The number of nitrogens with zero attached hydrogens (tertiary/aromatic N) is 2. The predicted octanol–water partition coefficient (Wildman–Crippen LogP) is 3.93. The molecule has 3 rings (SSSR count). The molecule has 24 heavy (non-hydrogen) atoms. The standard InChI is InChI=1S/C18H22N2O4/c1-18(2,3)11-15(21)23-13-8-6-12(7-9-13)16-19-17(24-20-16)14-5-4-10-22-14/h6-9,14H,4-5,10-11H2,1-3H3/t14-/m1/s1. The van der Waals surface area contributed by atoms with Crippen molar-refractivity contribution in [3.8, 4) is 17.1 Å². The van der Waals surface area contributed by atoms with E-state index < -0.39 is 0 Å². The Kier molecular flexibility index (Phi) is 4.66. The lowest BCUT2D eigenvalue weighted by Gasteiger charge is -2.16. The number of esters is 1. The minimum absolute atomic E-state index is 0.0936. The van der Waals surface area contributed by atoms with E-state index in [1.54, 1.807) is 12.1 Å². The first-order valence-electron chi connectivity index (χ1n) is 8.17. The van der Waals surface area contributed by atoms with Crippen LogP contribution < -0.4 is 4.74 Å². The summed E-state index contributed by atoms with van der Waals surface area (Å²) in [5, 5.41) is 4.00. The van der Waals surface area contributed by atoms with Crippen molar-refractivity contribution in [1.82, 2.24) is 10.1 Å². The molecule has 0 unspecified atom stereocenters. The Morgan fingerprint density at radius 1 is 1.29 bits per heavy atom. The van der Waals surface area contributed by atoms with Gasteiger partial charge in [-0.05, 0) is 42.5 Å². The van der Waals surface area contributed by atoms with Crippen molar-refractivity contribution in [1.29, 1.82) is 0 Å². The third kappa shape index (κ3) is 4.20. The molecule has 6 heteroatoms. The van der Waals surface area contributed by atoms with Crippen molar-refractivity contribution in [3.63, 3.8) is 0 Å². The number of aromatic nitrogens is 2. The molecule has 0 N–H and O–H groups in total. The van der Waals surface area contributed by atoms with Crippen molar-refractivity contribution in [2.75, 3.05) is 6.61 Å². The number of carbonyl (C=O) groups excluding carboxylic acids is 1. The second-order valence-electron chi connectivity index (χ2n) is 7.19. The van der Waals surface area contributed by atoms with Gasteiger partial charge >= 0.3 is 5.97 Å². The lowest BCUT2D eigenvalue weighted by Crippen LogP contribution is -2.17. The van der Waals surface area contributed by atoms with E-state index in [9.17, 15) is 4.79 Å². The fourth-order valence-corrected chi connectivity index (χ4v) is 2.53. The first-order valence-corrected chi connectivity index (χ1v) is 8.17. The summed E-state index contributed by atoms with van der Waals surface area (Å²) in [6.45, 7) is 6.73. The summed E-state index contributed by atoms with van der Waals surface area (Å²) in [4.78, 5) is 16.2. The van der Waals surface area contributed by atoms with Crippen LogP contribution in [0.5, 0.6) is 5.75 Å². The van der Waals surface area contributed by atoms with Crippen molar-refractivity contribution < 1.29 is 18.8 Å². The molecular weight excluding hydrogens is 308 g/mol. The van der Waals surface area contributed by atoms with Gasteiger partial charge in [-0.25, -0.2) is 0 Å². The summed E-state index contributed by atoms with van der Waals surface area (Å²) >= 11 is 0. The molecular formula is C18H22N2O4. The summed E-state index contributed by atoms with van der Waals surface area (Å²) < 4.78 is 16.2. The van der Waals surface area contributed by atoms with Crippen molar-refractivity contribution in [2.24, 2.45) is 5.41 Å². The normalized spacial score (nSPS) is 17.9. The minimum atomic E-state index is -0.240. The summed E-state index contributed by atoms with van der Waals surface area (Å²) in [5.41, 5.74) is 0.707. The zero-order valence-corrected chi connectivity index (χ0v) is 14.2. The number of benzene rings is 1. The van der Waals surface area contributed by atoms with Gasteiger partial charge in [0.15, 0.2) is 0 Å². The van der Waals surface area contributed by atoms with E-state index in [-0.39, 0.29) is 17.5 Å². The second-order valence-corrected chi connectivity index (χ2v) is 7.19. The van der Waals surface area contributed by atoms with E-state index >= 15 is 0 Å². The summed E-state index contributed by atoms with van der Waals surface area (Å²) in [6.07, 6.45) is 2.19.